The Morgan fingerprint density at radius 3 is 1.98 bits per heavy atom. The number of benzene rings is 2. The molecule has 2 aromatic heterocycles. The first-order chi connectivity index (χ1) is 22.0. The van der Waals surface area contributed by atoms with E-state index >= 15 is 0 Å². The van der Waals surface area contributed by atoms with E-state index in [1.165, 1.54) is 39.1 Å². The van der Waals surface area contributed by atoms with E-state index in [-0.39, 0.29) is 59.7 Å². The van der Waals surface area contributed by atoms with Gasteiger partial charge in [0.2, 0.25) is 0 Å². The Balaban J connectivity index is 0.000000334. The minimum Gasteiger partial charge on any atom is -0.512 e. The molecule has 5 heteroatoms. The second-order valence-corrected chi connectivity index (χ2v) is 16.5. The fraction of sp³-hybridized carbons (Fsp3) is 0.535. The summed E-state index contributed by atoms with van der Waals surface area (Å²) in [6, 6.07) is 14.5. The van der Waals surface area contributed by atoms with Crippen molar-refractivity contribution in [3.05, 3.63) is 76.7 Å². The average Bonchev–Trinajstić information content (AvgIpc) is 3.36. The van der Waals surface area contributed by atoms with Crippen LogP contribution in [0.1, 0.15) is 131 Å². The van der Waals surface area contributed by atoms with E-state index in [0.717, 1.165) is 60.9 Å². The monoisotopic (exact) mass is 829 g/mol. The SMILES string of the molecule is CC(C)(C)Cc1ccc2c3c1oc1c(CC(C)(C)C)cnc(c13)-c1[c-]cccc1C2(C)C.CCC(CC)C(=O)/C=C(\O)C(CC)CC.[Ir]. The molecule has 1 N–H and O–H groups in total. The summed E-state index contributed by atoms with van der Waals surface area (Å²) in [6.45, 7) is 26.4. The second-order valence-electron chi connectivity index (χ2n) is 16.5. The Morgan fingerprint density at radius 1 is 0.854 bits per heavy atom. The van der Waals surface area contributed by atoms with E-state index < -0.39 is 0 Å². The van der Waals surface area contributed by atoms with Gasteiger partial charge in [0.15, 0.2) is 5.78 Å². The minimum atomic E-state index is -0.173. The molecule has 0 amide bonds. The number of furan rings is 1. The molecule has 1 radical (unpaired) electrons. The molecule has 2 heterocycles. The topological polar surface area (TPSA) is 63.3 Å². The maximum atomic E-state index is 11.7. The van der Waals surface area contributed by atoms with Gasteiger partial charge in [-0.2, -0.15) is 0 Å². The number of carbonyl (C=O) groups is 1. The van der Waals surface area contributed by atoms with Gasteiger partial charge in [0.05, 0.1) is 5.76 Å². The minimum absolute atomic E-state index is 0. The van der Waals surface area contributed by atoms with Crippen molar-refractivity contribution in [1.82, 2.24) is 4.98 Å². The van der Waals surface area contributed by atoms with Crippen LogP contribution in [-0.4, -0.2) is 15.9 Å². The van der Waals surface area contributed by atoms with E-state index in [9.17, 15) is 9.90 Å². The van der Waals surface area contributed by atoms with Crippen LogP contribution in [0.25, 0.3) is 33.2 Å². The largest absolute Gasteiger partial charge is 0.512 e. The zero-order valence-corrected chi connectivity index (χ0v) is 33.9. The van der Waals surface area contributed by atoms with Crippen LogP contribution in [0.4, 0.5) is 0 Å². The number of allylic oxidation sites excluding steroid dienone is 2. The van der Waals surface area contributed by atoms with Gasteiger partial charge in [-0.05, 0) is 71.6 Å². The van der Waals surface area contributed by atoms with Gasteiger partial charge in [-0.1, -0.05) is 95.2 Å². The zero-order valence-electron chi connectivity index (χ0n) is 31.5. The third-order valence-corrected chi connectivity index (χ3v) is 9.76. The van der Waals surface area contributed by atoms with Gasteiger partial charge in [-0.25, -0.2) is 0 Å². The van der Waals surface area contributed by atoms with E-state index in [1.54, 1.807) is 0 Å². The van der Waals surface area contributed by atoms with Crippen LogP contribution in [0.15, 0.2) is 52.8 Å². The number of ketones is 1. The molecule has 48 heavy (non-hydrogen) atoms. The van der Waals surface area contributed by atoms with E-state index in [2.05, 4.69) is 85.7 Å². The fourth-order valence-electron chi connectivity index (χ4n) is 7.17. The molecule has 4 aromatic rings. The van der Waals surface area contributed by atoms with Crippen LogP contribution in [0.2, 0.25) is 0 Å². The number of aliphatic hydroxyl groups is 1. The maximum Gasteiger partial charge on any atom is 0.162 e. The third kappa shape index (κ3) is 8.33. The Labute approximate surface area is 303 Å². The fourth-order valence-corrected chi connectivity index (χ4v) is 7.17. The summed E-state index contributed by atoms with van der Waals surface area (Å²) in [5.74, 6) is 0.547. The molecule has 1 aliphatic rings. The van der Waals surface area contributed by atoms with E-state index in [4.69, 9.17) is 9.40 Å². The third-order valence-electron chi connectivity index (χ3n) is 9.76. The van der Waals surface area contributed by atoms with Gasteiger partial charge in [-0.15, -0.1) is 35.4 Å². The Kier molecular flexibility index (Phi) is 12.8. The molecule has 0 aliphatic heterocycles. The zero-order chi connectivity index (χ0) is 34.9. The van der Waals surface area contributed by atoms with Crippen molar-refractivity contribution < 1.29 is 34.4 Å². The van der Waals surface area contributed by atoms with Crippen molar-refractivity contribution >= 4 is 27.7 Å². The van der Waals surface area contributed by atoms with Crippen LogP contribution in [0, 0.1) is 28.7 Å². The van der Waals surface area contributed by atoms with Crippen molar-refractivity contribution in [2.75, 3.05) is 0 Å². The predicted molar refractivity (Wildman–Crippen MR) is 198 cm³/mol. The first kappa shape index (κ1) is 39.7. The smallest absolute Gasteiger partial charge is 0.162 e. The normalized spacial score (nSPS) is 14.2. The average molecular weight is 829 g/mol. The molecule has 0 bridgehead atoms. The molecule has 0 saturated heterocycles. The molecular weight excluding hydrogens is 771 g/mol. The number of hydrogen-bond acceptors (Lipinski definition) is 4. The van der Waals surface area contributed by atoms with Crippen LogP contribution in [0.3, 0.4) is 0 Å². The summed E-state index contributed by atoms with van der Waals surface area (Å²) in [4.78, 5) is 16.8. The summed E-state index contributed by atoms with van der Waals surface area (Å²) in [5.41, 5.74) is 9.37. The molecule has 0 spiro atoms. The molecule has 0 unspecified atom stereocenters. The van der Waals surface area contributed by atoms with Gasteiger partial charge in [0, 0.05) is 60.5 Å². The van der Waals surface area contributed by atoms with Gasteiger partial charge < -0.3 is 14.5 Å². The number of aromatic nitrogens is 1. The number of fused-ring (bicyclic) bond motifs is 2. The molecule has 0 atom stereocenters. The van der Waals surface area contributed by atoms with Crippen LogP contribution >= 0.6 is 0 Å². The van der Waals surface area contributed by atoms with Crippen molar-refractivity contribution in [1.29, 1.82) is 0 Å². The predicted octanol–water partition coefficient (Wildman–Crippen LogP) is 12.1. The summed E-state index contributed by atoms with van der Waals surface area (Å²) in [5, 5.41) is 12.2. The number of nitrogens with zero attached hydrogens (tertiary/aromatic N) is 1. The van der Waals surface area contributed by atoms with Crippen LogP contribution in [-0.2, 0) is 43.2 Å². The molecule has 1 aliphatic carbocycles. The van der Waals surface area contributed by atoms with Gasteiger partial charge in [0.1, 0.15) is 11.2 Å². The molecule has 2 aromatic carbocycles. The molecule has 263 valence electrons. The molecule has 4 nitrogen and oxygen atoms in total. The van der Waals surface area contributed by atoms with Crippen molar-refractivity contribution in [3.63, 3.8) is 0 Å². The van der Waals surface area contributed by atoms with Gasteiger partial charge in [0.25, 0.3) is 0 Å². The van der Waals surface area contributed by atoms with E-state index in [1.807, 2.05) is 40.0 Å². The summed E-state index contributed by atoms with van der Waals surface area (Å²) in [6.07, 6.45) is 8.84. The first-order valence-electron chi connectivity index (χ1n) is 17.8. The Bertz CT molecular complexity index is 1750. The maximum absolute atomic E-state index is 11.7. The van der Waals surface area contributed by atoms with Crippen LogP contribution in [0.5, 0.6) is 0 Å². The van der Waals surface area contributed by atoms with Gasteiger partial charge >= 0.3 is 0 Å². The number of pyridine rings is 1. The van der Waals surface area contributed by atoms with Crippen molar-refractivity contribution in [2.24, 2.45) is 22.7 Å². The summed E-state index contributed by atoms with van der Waals surface area (Å²) >= 11 is 0. The van der Waals surface area contributed by atoms with E-state index in [0.29, 0.717) is 0 Å². The Morgan fingerprint density at radius 2 is 1.42 bits per heavy atom. The summed E-state index contributed by atoms with van der Waals surface area (Å²) in [7, 11) is 0. The molecular formula is C43H58IrNO3-. The van der Waals surface area contributed by atoms with Crippen molar-refractivity contribution in [2.45, 2.75) is 127 Å². The number of aliphatic hydroxyl groups excluding tert-OH is 1. The molecule has 5 rings (SSSR count). The molecule has 0 saturated carbocycles. The first-order valence-corrected chi connectivity index (χ1v) is 17.8. The number of carbonyl (C=O) groups excluding carboxylic acids is 1. The standard InChI is InChI=1S/C30H34NO.C13H24O2.Ir/c1-28(2,3)15-18-13-14-22-23-24-25(20-11-9-10-12-21(20)30(22,7)8)31-17-19(16-29(4,5)6)27(24)32-26(18)23;1-5-10(6-2)12(14)9-13(15)11(7-3)8-4;/h9-10,12-14,17H,15-16H2,1-8H3;9-11,14H,5-8H2,1-4H3;/q-1;;/b;12-9-;. The quantitative estimate of drug-likeness (QED) is 0.104. The number of hydrogen-bond donors (Lipinski definition) is 1. The molecule has 0 fully saturated rings. The number of rotatable bonds is 9. The van der Waals surface area contributed by atoms with Crippen LogP contribution < -0.4 is 0 Å². The van der Waals surface area contributed by atoms with Gasteiger partial charge in [-0.3, -0.25) is 4.79 Å². The van der Waals surface area contributed by atoms with Crippen molar-refractivity contribution in [3.8, 4) is 11.3 Å². The Hall–Kier alpha value is -2.75. The summed E-state index contributed by atoms with van der Waals surface area (Å²) < 4.78 is 6.82. The second kappa shape index (κ2) is 15.4.